The number of fused-ring (bicyclic) bond motifs is 1. The maximum Gasteiger partial charge on any atom is 0.216 e. The number of rotatable bonds is 6. The van der Waals surface area contributed by atoms with Crippen LogP contribution in [0.4, 0.5) is 0 Å². The van der Waals surface area contributed by atoms with E-state index in [9.17, 15) is 4.79 Å². The number of nitrogens with zero attached hydrogens (tertiary/aromatic N) is 2. The van der Waals surface area contributed by atoms with Crippen LogP contribution in [-0.2, 0) is 10.5 Å². The highest BCUT2D eigenvalue weighted by Crippen LogP contribution is 2.23. The Morgan fingerprint density at radius 2 is 2.25 bits per heavy atom. The third-order valence-electron chi connectivity index (χ3n) is 2.61. The van der Waals surface area contributed by atoms with Gasteiger partial charge in [0.05, 0.1) is 15.7 Å². The Kier molecular flexibility index (Phi) is 5.57. The lowest BCUT2D eigenvalue weighted by molar-refractivity contribution is -0.118. The Hall–Kier alpha value is -0.910. The molecule has 20 heavy (non-hydrogen) atoms. The van der Waals surface area contributed by atoms with Crippen LogP contribution in [-0.4, -0.2) is 27.6 Å². The van der Waals surface area contributed by atoms with Crippen molar-refractivity contribution in [3.63, 3.8) is 0 Å². The van der Waals surface area contributed by atoms with Crippen LogP contribution in [0.3, 0.4) is 0 Å². The molecule has 2 aromatic heterocycles. The van der Waals surface area contributed by atoms with Crippen LogP contribution in [0.25, 0.3) is 5.65 Å². The molecule has 0 radical (unpaired) electrons. The summed E-state index contributed by atoms with van der Waals surface area (Å²) in [6, 6.07) is 1.69. The predicted molar refractivity (Wildman–Crippen MR) is 84.7 cm³/mol. The minimum atomic E-state index is 0.0156. The van der Waals surface area contributed by atoms with Crippen LogP contribution >= 0.6 is 35.0 Å². The Morgan fingerprint density at radius 1 is 1.45 bits per heavy atom. The quantitative estimate of drug-likeness (QED) is 0.825. The van der Waals surface area contributed by atoms with Gasteiger partial charge in [0.25, 0.3) is 0 Å². The summed E-state index contributed by atoms with van der Waals surface area (Å²) in [5, 5.41) is 3.92. The molecule has 0 unspecified atom stereocenters. The number of aromatic nitrogens is 2. The molecule has 1 amide bonds. The SMILES string of the molecule is CC(=O)NCCCSCc1cn2cc(Cl)cc(Cl)c2n1. The highest BCUT2D eigenvalue weighted by molar-refractivity contribution is 7.98. The monoisotopic (exact) mass is 331 g/mol. The second-order valence-electron chi connectivity index (χ2n) is 4.36. The van der Waals surface area contributed by atoms with Gasteiger partial charge in [-0.15, -0.1) is 0 Å². The molecular weight excluding hydrogens is 317 g/mol. The molecule has 7 heteroatoms. The van der Waals surface area contributed by atoms with Gasteiger partial charge in [-0.1, -0.05) is 23.2 Å². The molecule has 0 saturated carbocycles. The Labute approximate surface area is 131 Å². The number of thioether (sulfide) groups is 1. The molecular formula is C13H15Cl2N3OS. The zero-order valence-electron chi connectivity index (χ0n) is 11.0. The number of hydrogen-bond acceptors (Lipinski definition) is 3. The lowest BCUT2D eigenvalue weighted by Crippen LogP contribution is -2.21. The molecule has 108 valence electrons. The van der Waals surface area contributed by atoms with Gasteiger partial charge in [0.2, 0.25) is 5.91 Å². The number of carbonyl (C=O) groups excluding carboxylic acids is 1. The number of carbonyl (C=O) groups is 1. The number of hydrogen-bond donors (Lipinski definition) is 1. The minimum Gasteiger partial charge on any atom is -0.356 e. The summed E-state index contributed by atoms with van der Waals surface area (Å²) in [7, 11) is 0. The Bertz CT molecular complexity index is 615. The highest BCUT2D eigenvalue weighted by Gasteiger charge is 2.06. The van der Waals surface area contributed by atoms with Crippen LogP contribution < -0.4 is 5.32 Å². The normalized spacial score (nSPS) is 10.9. The number of halogens is 2. The standard InChI is InChI=1S/C13H15Cl2N3OS/c1-9(19)16-3-2-4-20-8-11-7-18-6-10(14)5-12(15)13(18)17-11/h5-7H,2-4,8H2,1H3,(H,16,19). The molecule has 0 fully saturated rings. The van der Waals surface area contributed by atoms with Gasteiger partial charge < -0.3 is 9.72 Å². The Balaban J connectivity index is 1.85. The minimum absolute atomic E-state index is 0.0156. The fourth-order valence-corrected chi connectivity index (χ4v) is 3.13. The van der Waals surface area contributed by atoms with Crippen LogP contribution in [0, 0.1) is 0 Å². The fraction of sp³-hybridized carbons (Fsp3) is 0.385. The molecule has 0 aromatic carbocycles. The van der Waals surface area contributed by atoms with Gasteiger partial charge in [0, 0.05) is 31.6 Å². The zero-order chi connectivity index (χ0) is 14.5. The zero-order valence-corrected chi connectivity index (χ0v) is 13.4. The molecule has 0 saturated heterocycles. The molecule has 0 aliphatic heterocycles. The van der Waals surface area contributed by atoms with Crippen molar-refractivity contribution in [1.29, 1.82) is 0 Å². The van der Waals surface area contributed by atoms with Crippen LogP contribution in [0.5, 0.6) is 0 Å². The first kappa shape index (κ1) is 15.5. The second kappa shape index (κ2) is 7.20. The predicted octanol–water partition coefficient (Wildman–Crippen LogP) is 3.40. The molecule has 2 heterocycles. The van der Waals surface area contributed by atoms with Crippen molar-refractivity contribution in [1.82, 2.24) is 14.7 Å². The molecule has 2 aromatic rings. The van der Waals surface area contributed by atoms with Crippen molar-refractivity contribution in [3.05, 3.63) is 34.2 Å². The number of imidazole rings is 1. The van der Waals surface area contributed by atoms with Gasteiger partial charge in [0.1, 0.15) is 0 Å². The lowest BCUT2D eigenvalue weighted by atomic mass is 10.5. The smallest absolute Gasteiger partial charge is 0.216 e. The van der Waals surface area contributed by atoms with E-state index in [0.717, 1.165) is 35.8 Å². The summed E-state index contributed by atoms with van der Waals surface area (Å²) in [6.45, 7) is 2.24. The van der Waals surface area contributed by atoms with E-state index in [2.05, 4.69) is 10.3 Å². The second-order valence-corrected chi connectivity index (χ2v) is 6.31. The first-order chi connectivity index (χ1) is 9.56. The molecule has 0 bridgehead atoms. The summed E-state index contributed by atoms with van der Waals surface area (Å²) >= 11 is 13.8. The summed E-state index contributed by atoms with van der Waals surface area (Å²) in [5.41, 5.74) is 1.70. The highest BCUT2D eigenvalue weighted by atomic mass is 35.5. The van der Waals surface area contributed by atoms with Gasteiger partial charge in [-0.05, 0) is 18.2 Å². The van der Waals surface area contributed by atoms with E-state index in [0.29, 0.717) is 10.0 Å². The van der Waals surface area contributed by atoms with Gasteiger partial charge in [-0.25, -0.2) is 4.98 Å². The van der Waals surface area contributed by atoms with Crippen LogP contribution in [0.1, 0.15) is 19.0 Å². The lowest BCUT2D eigenvalue weighted by Gasteiger charge is -2.01. The fourth-order valence-electron chi connectivity index (χ4n) is 1.76. The van der Waals surface area contributed by atoms with E-state index in [1.807, 2.05) is 10.6 Å². The van der Waals surface area contributed by atoms with E-state index >= 15 is 0 Å². The summed E-state index contributed by atoms with van der Waals surface area (Å²) in [5.74, 6) is 1.81. The first-order valence-corrected chi connectivity index (χ1v) is 8.12. The average Bonchev–Trinajstić information content (AvgIpc) is 2.76. The first-order valence-electron chi connectivity index (χ1n) is 6.21. The van der Waals surface area contributed by atoms with Gasteiger partial charge in [-0.2, -0.15) is 11.8 Å². The number of pyridine rings is 1. The Morgan fingerprint density at radius 3 is 3.00 bits per heavy atom. The maximum atomic E-state index is 10.7. The van der Waals surface area contributed by atoms with Crippen LogP contribution in [0.15, 0.2) is 18.5 Å². The van der Waals surface area contributed by atoms with Gasteiger partial charge >= 0.3 is 0 Å². The van der Waals surface area contributed by atoms with E-state index < -0.39 is 0 Å². The summed E-state index contributed by atoms with van der Waals surface area (Å²) in [4.78, 5) is 15.2. The third kappa shape index (κ3) is 4.30. The van der Waals surface area contributed by atoms with Crippen molar-refractivity contribution in [2.24, 2.45) is 0 Å². The van der Waals surface area contributed by atoms with Crippen LogP contribution in [0.2, 0.25) is 10.0 Å². The number of nitrogens with one attached hydrogen (secondary N) is 1. The van der Waals surface area contributed by atoms with Crippen molar-refractivity contribution in [3.8, 4) is 0 Å². The number of amides is 1. The summed E-state index contributed by atoms with van der Waals surface area (Å²) in [6.07, 6.45) is 4.68. The van der Waals surface area contributed by atoms with Crippen molar-refractivity contribution in [2.45, 2.75) is 19.1 Å². The van der Waals surface area contributed by atoms with E-state index in [1.165, 1.54) is 6.92 Å². The van der Waals surface area contributed by atoms with Gasteiger partial charge in [0.15, 0.2) is 5.65 Å². The molecule has 4 nitrogen and oxygen atoms in total. The van der Waals surface area contributed by atoms with Crippen molar-refractivity contribution < 1.29 is 4.79 Å². The molecule has 1 N–H and O–H groups in total. The average molecular weight is 332 g/mol. The largest absolute Gasteiger partial charge is 0.356 e. The molecule has 0 aliphatic rings. The van der Waals surface area contributed by atoms with Crippen molar-refractivity contribution >= 4 is 46.5 Å². The summed E-state index contributed by atoms with van der Waals surface area (Å²) < 4.78 is 1.85. The van der Waals surface area contributed by atoms with E-state index in [4.69, 9.17) is 23.2 Å². The molecule has 0 spiro atoms. The molecule has 0 atom stereocenters. The van der Waals surface area contributed by atoms with Gasteiger partial charge in [-0.3, -0.25) is 4.79 Å². The molecule has 0 aliphatic carbocycles. The molecule has 2 rings (SSSR count). The van der Waals surface area contributed by atoms with E-state index in [-0.39, 0.29) is 5.91 Å². The topological polar surface area (TPSA) is 46.4 Å². The van der Waals surface area contributed by atoms with Crippen molar-refractivity contribution in [2.75, 3.05) is 12.3 Å². The van der Waals surface area contributed by atoms with E-state index in [1.54, 1.807) is 24.0 Å². The maximum absolute atomic E-state index is 10.7. The third-order valence-corrected chi connectivity index (χ3v) is 4.17.